The van der Waals surface area contributed by atoms with Gasteiger partial charge in [-0.1, -0.05) is 30.3 Å². The van der Waals surface area contributed by atoms with Crippen LogP contribution in [0.1, 0.15) is 24.2 Å². The molecule has 1 aliphatic rings. The van der Waals surface area contributed by atoms with Gasteiger partial charge in [0.05, 0.1) is 12.2 Å². The second-order valence-electron chi connectivity index (χ2n) is 7.18. The maximum Gasteiger partial charge on any atom is 0.258 e. The number of fused-ring (bicyclic) bond motifs is 1. The van der Waals surface area contributed by atoms with Crippen molar-refractivity contribution in [3.05, 3.63) is 54.1 Å². The first kappa shape index (κ1) is 19.9. The highest BCUT2D eigenvalue weighted by Crippen LogP contribution is 2.30. The lowest BCUT2D eigenvalue weighted by molar-refractivity contribution is 0.0744. The van der Waals surface area contributed by atoms with Crippen LogP contribution >= 0.6 is 0 Å². The Morgan fingerprint density at radius 2 is 1.80 bits per heavy atom. The predicted octanol–water partition coefficient (Wildman–Crippen LogP) is 3.42. The Bertz CT molecular complexity index is 1010. The van der Waals surface area contributed by atoms with Crippen LogP contribution in [-0.2, 0) is 0 Å². The van der Waals surface area contributed by atoms with E-state index in [0.717, 1.165) is 42.0 Å². The molecule has 7 heteroatoms. The van der Waals surface area contributed by atoms with Crippen molar-refractivity contribution in [2.24, 2.45) is 0 Å². The Morgan fingerprint density at radius 3 is 2.50 bits per heavy atom. The lowest BCUT2D eigenvalue weighted by Gasteiger charge is -2.35. The number of hydrogen-bond acceptors (Lipinski definition) is 6. The number of carbonyl (C=O) groups is 1. The van der Waals surface area contributed by atoms with Crippen molar-refractivity contribution in [1.82, 2.24) is 15.1 Å². The molecule has 156 valence electrons. The molecule has 3 aromatic rings. The van der Waals surface area contributed by atoms with Crippen LogP contribution in [0.3, 0.4) is 0 Å². The van der Waals surface area contributed by atoms with Crippen LogP contribution < -0.4 is 15.0 Å². The van der Waals surface area contributed by atoms with E-state index in [-0.39, 0.29) is 5.91 Å². The van der Waals surface area contributed by atoms with E-state index in [0.29, 0.717) is 31.0 Å². The molecule has 1 aliphatic heterocycles. The summed E-state index contributed by atoms with van der Waals surface area (Å²) in [6, 6.07) is 15.8. The van der Waals surface area contributed by atoms with Crippen LogP contribution in [0.15, 0.2) is 48.5 Å². The van der Waals surface area contributed by atoms with Crippen molar-refractivity contribution < 1.29 is 9.53 Å². The summed E-state index contributed by atoms with van der Waals surface area (Å²) in [7, 11) is 0. The molecule has 2 aromatic carbocycles. The van der Waals surface area contributed by atoms with Gasteiger partial charge in [-0.25, -0.2) is 0 Å². The molecule has 4 rings (SSSR count). The van der Waals surface area contributed by atoms with Crippen LogP contribution in [0.2, 0.25) is 0 Å². The summed E-state index contributed by atoms with van der Waals surface area (Å²) in [6.07, 6.45) is 0. The van der Waals surface area contributed by atoms with Crippen molar-refractivity contribution >= 4 is 28.3 Å². The minimum absolute atomic E-state index is 0.0171. The normalized spacial score (nSPS) is 14.1. The fourth-order valence-corrected chi connectivity index (χ4v) is 3.81. The molecule has 1 amide bonds. The number of piperazine rings is 1. The highest BCUT2D eigenvalue weighted by Gasteiger charge is 2.26. The fraction of sp³-hybridized carbons (Fsp3) is 0.348. The minimum Gasteiger partial charge on any atom is -0.493 e. The van der Waals surface area contributed by atoms with Crippen LogP contribution in [0, 0.1) is 0 Å². The molecule has 2 heterocycles. The predicted molar refractivity (Wildman–Crippen MR) is 119 cm³/mol. The average Bonchev–Trinajstić information content (AvgIpc) is 2.79. The van der Waals surface area contributed by atoms with Crippen LogP contribution in [0.4, 0.5) is 11.6 Å². The van der Waals surface area contributed by atoms with Crippen molar-refractivity contribution in [3.8, 4) is 5.75 Å². The lowest BCUT2D eigenvalue weighted by atomic mass is 10.0. The summed E-state index contributed by atoms with van der Waals surface area (Å²) in [5.74, 6) is 2.27. The van der Waals surface area contributed by atoms with Gasteiger partial charge in [0.2, 0.25) is 0 Å². The van der Waals surface area contributed by atoms with E-state index in [1.54, 1.807) is 0 Å². The Balaban J connectivity index is 1.51. The van der Waals surface area contributed by atoms with Crippen molar-refractivity contribution in [2.45, 2.75) is 13.8 Å². The SMILES string of the molecule is CCNc1ccc(N2CCN(C(=O)c3c(OCC)ccc4ccccc34)CC2)nn1. The van der Waals surface area contributed by atoms with E-state index >= 15 is 0 Å². The second kappa shape index (κ2) is 8.98. The maximum absolute atomic E-state index is 13.5. The zero-order valence-electron chi connectivity index (χ0n) is 17.5. The molecule has 0 aliphatic carbocycles. The summed E-state index contributed by atoms with van der Waals surface area (Å²) in [5.41, 5.74) is 0.651. The number of amides is 1. The van der Waals surface area contributed by atoms with Crippen LogP contribution in [0.25, 0.3) is 10.8 Å². The molecular weight excluding hydrogens is 378 g/mol. The number of anilines is 2. The zero-order valence-corrected chi connectivity index (χ0v) is 17.5. The molecule has 30 heavy (non-hydrogen) atoms. The molecule has 0 radical (unpaired) electrons. The van der Waals surface area contributed by atoms with E-state index in [4.69, 9.17) is 4.74 Å². The summed E-state index contributed by atoms with van der Waals surface area (Å²) in [4.78, 5) is 17.5. The van der Waals surface area contributed by atoms with E-state index in [1.807, 2.05) is 67.3 Å². The second-order valence-corrected chi connectivity index (χ2v) is 7.18. The summed E-state index contributed by atoms with van der Waals surface area (Å²) >= 11 is 0. The van der Waals surface area contributed by atoms with Gasteiger partial charge in [0, 0.05) is 32.7 Å². The monoisotopic (exact) mass is 405 g/mol. The van der Waals surface area contributed by atoms with Crippen LogP contribution in [-0.4, -0.2) is 60.3 Å². The summed E-state index contributed by atoms with van der Waals surface area (Å²) in [5, 5.41) is 13.7. The first-order valence-corrected chi connectivity index (χ1v) is 10.5. The number of benzene rings is 2. The molecule has 1 aromatic heterocycles. The van der Waals surface area contributed by atoms with Gasteiger partial charge in [-0.15, -0.1) is 10.2 Å². The maximum atomic E-state index is 13.5. The number of nitrogens with zero attached hydrogens (tertiary/aromatic N) is 4. The summed E-state index contributed by atoms with van der Waals surface area (Å²) < 4.78 is 5.80. The van der Waals surface area contributed by atoms with Gasteiger partial charge in [-0.2, -0.15) is 0 Å². The van der Waals surface area contributed by atoms with Gasteiger partial charge in [0.25, 0.3) is 5.91 Å². The quantitative estimate of drug-likeness (QED) is 0.678. The molecule has 7 nitrogen and oxygen atoms in total. The lowest BCUT2D eigenvalue weighted by Crippen LogP contribution is -2.49. The third-order valence-corrected chi connectivity index (χ3v) is 5.30. The molecular formula is C23H27N5O2. The first-order valence-electron chi connectivity index (χ1n) is 10.5. The largest absolute Gasteiger partial charge is 0.493 e. The standard InChI is InChI=1S/C23H27N5O2/c1-3-24-20-11-12-21(26-25-20)27-13-15-28(16-14-27)23(29)22-18-8-6-5-7-17(18)9-10-19(22)30-4-2/h5-12H,3-4,13-16H2,1-2H3,(H,24,25). The van der Waals surface area contributed by atoms with Gasteiger partial charge in [-0.3, -0.25) is 4.79 Å². The Hall–Kier alpha value is -3.35. The smallest absolute Gasteiger partial charge is 0.258 e. The van der Waals surface area contributed by atoms with E-state index in [1.165, 1.54) is 0 Å². The van der Waals surface area contributed by atoms with E-state index in [9.17, 15) is 4.79 Å². The Labute approximate surface area is 176 Å². The zero-order chi connectivity index (χ0) is 20.9. The number of aromatic nitrogens is 2. The molecule has 1 saturated heterocycles. The topological polar surface area (TPSA) is 70.6 Å². The summed E-state index contributed by atoms with van der Waals surface area (Å²) in [6.45, 7) is 7.99. The molecule has 0 unspecified atom stereocenters. The molecule has 0 spiro atoms. The molecule has 1 N–H and O–H groups in total. The number of hydrogen-bond donors (Lipinski definition) is 1. The number of rotatable bonds is 6. The highest BCUT2D eigenvalue weighted by atomic mass is 16.5. The third kappa shape index (κ3) is 4.01. The number of nitrogens with one attached hydrogen (secondary N) is 1. The van der Waals surface area contributed by atoms with Crippen molar-refractivity contribution in [2.75, 3.05) is 49.5 Å². The number of ether oxygens (including phenoxy) is 1. The fourth-order valence-electron chi connectivity index (χ4n) is 3.81. The average molecular weight is 406 g/mol. The molecule has 0 saturated carbocycles. The Morgan fingerprint density at radius 1 is 1.00 bits per heavy atom. The minimum atomic E-state index is 0.0171. The van der Waals surface area contributed by atoms with Crippen LogP contribution in [0.5, 0.6) is 5.75 Å². The van der Waals surface area contributed by atoms with E-state index < -0.39 is 0 Å². The van der Waals surface area contributed by atoms with Gasteiger partial charge in [-0.05, 0) is 42.8 Å². The molecule has 0 atom stereocenters. The van der Waals surface area contributed by atoms with Gasteiger partial charge >= 0.3 is 0 Å². The third-order valence-electron chi connectivity index (χ3n) is 5.30. The van der Waals surface area contributed by atoms with Gasteiger partial charge in [0.1, 0.15) is 11.6 Å². The Kier molecular flexibility index (Phi) is 5.97. The van der Waals surface area contributed by atoms with Crippen molar-refractivity contribution in [3.63, 3.8) is 0 Å². The molecule has 1 fully saturated rings. The highest BCUT2D eigenvalue weighted by molar-refractivity contribution is 6.09. The first-order chi connectivity index (χ1) is 14.7. The molecule has 0 bridgehead atoms. The van der Waals surface area contributed by atoms with Gasteiger partial charge in [0.15, 0.2) is 5.82 Å². The van der Waals surface area contributed by atoms with Crippen molar-refractivity contribution in [1.29, 1.82) is 0 Å². The number of carbonyl (C=O) groups excluding carboxylic acids is 1. The van der Waals surface area contributed by atoms with E-state index in [2.05, 4.69) is 20.4 Å². The van der Waals surface area contributed by atoms with Gasteiger partial charge < -0.3 is 19.9 Å².